The highest BCUT2D eigenvalue weighted by Crippen LogP contribution is 2.33. The Morgan fingerprint density at radius 2 is 1.74 bits per heavy atom. The molecule has 1 aromatic heterocycles. The Morgan fingerprint density at radius 1 is 1.03 bits per heavy atom. The number of ketones is 1. The largest absolute Gasteiger partial charge is 0.468 e. The Kier molecular flexibility index (Phi) is 8.89. The number of aryl methyl sites for hydroxylation is 2. The van der Waals surface area contributed by atoms with E-state index in [1.807, 2.05) is 25.1 Å². The number of aromatic nitrogens is 1. The number of carbonyl (C=O) groups excluding carboxylic acids is 3. The molecule has 7 nitrogen and oxygen atoms in total. The number of hydrogen-bond acceptors (Lipinski definition) is 6. The molecule has 1 aliphatic heterocycles. The predicted molar refractivity (Wildman–Crippen MR) is 147 cm³/mol. The van der Waals surface area contributed by atoms with E-state index in [0.717, 1.165) is 54.0 Å². The van der Waals surface area contributed by atoms with Crippen molar-refractivity contribution in [3.05, 3.63) is 94.8 Å². The van der Waals surface area contributed by atoms with Crippen molar-refractivity contribution in [2.75, 3.05) is 31.6 Å². The molecule has 2 heterocycles. The lowest BCUT2D eigenvalue weighted by molar-refractivity contribution is -0.141. The number of rotatable bonds is 9. The molecule has 1 N–H and O–H groups in total. The SMILES string of the molecule is COC(=O)CNC(=O)C1CCN(c2ccc(C(CC(=O)c3ccnc(C)c3)c3ccccc3C)cc2)CC1. The molecule has 7 heteroatoms. The molecule has 0 saturated carbocycles. The molecule has 198 valence electrons. The summed E-state index contributed by atoms with van der Waals surface area (Å²) >= 11 is 0. The van der Waals surface area contributed by atoms with Gasteiger partial charge in [0.05, 0.1) is 7.11 Å². The molecule has 38 heavy (non-hydrogen) atoms. The number of esters is 1. The van der Waals surface area contributed by atoms with Crippen molar-refractivity contribution in [3.8, 4) is 0 Å². The van der Waals surface area contributed by atoms with Crippen LogP contribution in [-0.4, -0.2) is 49.4 Å². The van der Waals surface area contributed by atoms with Crippen LogP contribution in [0, 0.1) is 19.8 Å². The van der Waals surface area contributed by atoms with Gasteiger partial charge in [0, 0.05) is 54.5 Å². The van der Waals surface area contributed by atoms with E-state index in [1.165, 1.54) is 7.11 Å². The number of nitrogens with one attached hydrogen (secondary N) is 1. The van der Waals surface area contributed by atoms with Crippen LogP contribution >= 0.6 is 0 Å². The molecule has 2 aromatic carbocycles. The predicted octanol–water partition coefficient (Wildman–Crippen LogP) is 4.61. The smallest absolute Gasteiger partial charge is 0.325 e. The van der Waals surface area contributed by atoms with E-state index in [1.54, 1.807) is 12.3 Å². The third-order valence-electron chi connectivity index (χ3n) is 7.33. The van der Waals surface area contributed by atoms with Gasteiger partial charge in [0.2, 0.25) is 5.91 Å². The average Bonchev–Trinajstić information content (AvgIpc) is 2.95. The van der Waals surface area contributed by atoms with E-state index >= 15 is 0 Å². The van der Waals surface area contributed by atoms with E-state index in [4.69, 9.17) is 0 Å². The zero-order valence-electron chi connectivity index (χ0n) is 22.3. The first-order valence-corrected chi connectivity index (χ1v) is 13.1. The number of Topliss-reactive ketones (excluding diaryl/α,β-unsaturated/α-hetero) is 1. The maximum Gasteiger partial charge on any atom is 0.325 e. The van der Waals surface area contributed by atoms with Gasteiger partial charge < -0.3 is 15.0 Å². The van der Waals surface area contributed by atoms with Gasteiger partial charge >= 0.3 is 5.97 Å². The summed E-state index contributed by atoms with van der Waals surface area (Å²) in [4.78, 5) is 43.5. The molecule has 1 aliphatic rings. The number of methoxy groups -OCH3 is 1. The number of hydrogen-bond donors (Lipinski definition) is 1. The standard InChI is InChI=1S/C31H35N3O4/c1-21-6-4-5-7-27(21)28(19-29(35)25-12-15-32-22(2)18-25)23-8-10-26(11-9-23)34-16-13-24(14-17-34)31(37)33-20-30(36)38-3/h4-12,15,18,24,28H,13-14,16-17,19-20H2,1-3H3,(H,33,37). The number of piperidine rings is 1. The van der Waals surface area contributed by atoms with Crippen LogP contribution in [0.3, 0.4) is 0 Å². The summed E-state index contributed by atoms with van der Waals surface area (Å²) in [6, 6.07) is 20.3. The monoisotopic (exact) mass is 513 g/mol. The third kappa shape index (κ3) is 6.65. The minimum atomic E-state index is -0.447. The van der Waals surface area contributed by atoms with Gasteiger partial charge in [-0.3, -0.25) is 19.4 Å². The maximum atomic E-state index is 13.3. The van der Waals surface area contributed by atoms with Gasteiger partial charge in [0.15, 0.2) is 5.78 Å². The van der Waals surface area contributed by atoms with Crippen LogP contribution in [0.15, 0.2) is 66.9 Å². The Morgan fingerprint density at radius 3 is 2.39 bits per heavy atom. The normalized spacial score (nSPS) is 14.6. The molecular formula is C31H35N3O4. The third-order valence-corrected chi connectivity index (χ3v) is 7.33. The maximum absolute atomic E-state index is 13.3. The quantitative estimate of drug-likeness (QED) is 0.332. The summed E-state index contributed by atoms with van der Waals surface area (Å²) in [6.07, 6.45) is 3.51. The number of carbonyl (C=O) groups is 3. The van der Waals surface area contributed by atoms with Crippen LogP contribution in [-0.2, 0) is 14.3 Å². The number of amides is 1. The molecule has 1 saturated heterocycles. The Labute approximate surface area is 224 Å². The van der Waals surface area contributed by atoms with Crippen molar-refractivity contribution < 1.29 is 19.1 Å². The van der Waals surface area contributed by atoms with Crippen molar-refractivity contribution in [1.82, 2.24) is 10.3 Å². The molecule has 4 rings (SSSR count). The van der Waals surface area contributed by atoms with Crippen molar-refractivity contribution in [2.24, 2.45) is 5.92 Å². The summed E-state index contributed by atoms with van der Waals surface area (Å²) in [5.41, 5.74) is 6.02. The fourth-order valence-electron chi connectivity index (χ4n) is 5.10. The lowest BCUT2D eigenvalue weighted by atomic mass is 9.83. The van der Waals surface area contributed by atoms with Crippen molar-refractivity contribution >= 4 is 23.3 Å². The van der Waals surface area contributed by atoms with Gasteiger partial charge in [-0.15, -0.1) is 0 Å². The zero-order chi connectivity index (χ0) is 27.1. The molecule has 0 spiro atoms. The lowest BCUT2D eigenvalue weighted by Crippen LogP contribution is -2.42. The van der Waals surface area contributed by atoms with E-state index in [9.17, 15) is 14.4 Å². The Balaban J connectivity index is 1.46. The highest BCUT2D eigenvalue weighted by molar-refractivity contribution is 5.97. The molecule has 0 bridgehead atoms. The van der Waals surface area contributed by atoms with Crippen LogP contribution < -0.4 is 10.2 Å². The van der Waals surface area contributed by atoms with Gasteiger partial charge in [-0.05, 0) is 67.6 Å². The van der Waals surface area contributed by atoms with Gasteiger partial charge in [0.1, 0.15) is 6.54 Å². The number of ether oxygens (including phenoxy) is 1. The Bertz CT molecular complexity index is 1280. The summed E-state index contributed by atoms with van der Waals surface area (Å²) in [7, 11) is 1.31. The number of anilines is 1. The molecule has 0 aliphatic carbocycles. The van der Waals surface area contributed by atoms with Gasteiger partial charge in [0.25, 0.3) is 0 Å². The fourth-order valence-corrected chi connectivity index (χ4v) is 5.10. The zero-order valence-corrected chi connectivity index (χ0v) is 22.3. The average molecular weight is 514 g/mol. The minimum Gasteiger partial charge on any atom is -0.468 e. The topological polar surface area (TPSA) is 88.6 Å². The van der Waals surface area contributed by atoms with E-state index in [-0.39, 0.29) is 30.1 Å². The number of nitrogens with zero attached hydrogens (tertiary/aromatic N) is 2. The first kappa shape index (κ1) is 27.0. The summed E-state index contributed by atoms with van der Waals surface area (Å²) in [5.74, 6) is -0.614. The van der Waals surface area contributed by atoms with E-state index in [2.05, 4.69) is 63.3 Å². The second-order valence-corrected chi connectivity index (χ2v) is 9.87. The minimum absolute atomic E-state index is 0.0598. The molecule has 1 fully saturated rings. The van der Waals surface area contributed by atoms with Crippen LogP contribution in [0.4, 0.5) is 5.69 Å². The molecular weight excluding hydrogens is 478 g/mol. The van der Waals surface area contributed by atoms with Crippen molar-refractivity contribution in [1.29, 1.82) is 0 Å². The van der Waals surface area contributed by atoms with Crippen molar-refractivity contribution in [2.45, 2.75) is 39.0 Å². The van der Waals surface area contributed by atoms with Crippen LogP contribution in [0.5, 0.6) is 0 Å². The molecule has 0 radical (unpaired) electrons. The van der Waals surface area contributed by atoms with Crippen LogP contribution in [0.2, 0.25) is 0 Å². The second kappa shape index (κ2) is 12.5. The summed E-state index contributed by atoms with van der Waals surface area (Å²) in [6.45, 7) is 5.41. The summed E-state index contributed by atoms with van der Waals surface area (Å²) < 4.78 is 4.59. The first-order valence-electron chi connectivity index (χ1n) is 13.1. The van der Waals surface area contributed by atoms with E-state index < -0.39 is 5.97 Å². The van der Waals surface area contributed by atoms with Crippen molar-refractivity contribution in [3.63, 3.8) is 0 Å². The highest BCUT2D eigenvalue weighted by Gasteiger charge is 2.26. The second-order valence-electron chi connectivity index (χ2n) is 9.87. The molecule has 1 unspecified atom stereocenters. The summed E-state index contributed by atoms with van der Waals surface area (Å²) in [5, 5.41) is 2.67. The van der Waals surface area contributed by atoms with Gasteiger partial charge in [-0.1, -0.05) is 36.4 Å². The fraction of sp³-hybridized carbons (Fsp3) is 0.355. The number of benzene rings is 2. The van der Waals surface area contributed by atoms with Gasteiger partial charge in [-0.2, -0.15) is 0 Å². The van der Waals surface area contributed by atoms with Crippen LogP contribution in [0.1, 0.15) is 57.9 Å². The first-order chi connectivity index (χ1) is 18.4. The molecule has 3 aromatic rings. The molecule has 1 amide bonds. The lowest BCUT2D eigenvalue weighted by Gasteiger charge is -2.33. The molecule has 1 atom stereocenters. The number of pyridine rings is 1. The van der Waals surface area contributed by atoms with Crippen LogP contribution in [0.25, 0.3) is 0 Å². The van der Waals surface area contributed by atoms with Gasteiger partial charge in [-0.25, -0.2) is 0 Å². The Hall–Kier alpha value is -4.00. The van der Waals surface area contributed by atoms with E-state index in [0.29, 0.717) is 12.0 Å². The highest BCUT2D eigenvalue weighted by atomic mass is 16.5.